The van der Waals surface area contributed by atoms with Crippen LogP contribution in [0.1, 0.15) is 51.4 Å². The third kappa shape index (κ3) is 5.98. The zero-order valence-electron chi connectivity index (χ0n) is 13.8. The first-order chi connectivity index (χ1) is 10.3. The van der Waals surface area contributed by atoms with Crippen LogP contribution < -0.4 is 5.32 Å². The number of rotatable bonds is 7. The van der Waals surface area contributed by atoms with Crippen LogP contribution in [0.25, 0.3) is 0 Å². The van der Waals surface area contributed by atoms with Crippen LogP contribution in [0.15, 0.2) is 0 Å². The van der Waals surface area contributed by atoms with Gasteiger partial charge in [-0.05, 0) is 52.2 Å². The largest absolute Gasteiger partial charge is 0.314 e. The van der Waals surface area contributed by atoms with E-state index >= 15 is 0 Å². The standard InChI is InChI=1S/C18H33N3/c1-3-13-21-15-10-17(11-16-21)19-12-7-14-20(2)18-8-5-4-6-9-18/h1,17-19H,4-16H2,2H3. The van der Waals surface area contributed by atoms with Crippen LogP contribution in [0.4, 0.5) is 0 Å². The first-order valence-corrected chi connectivity index (χ1v) is 8.89. The van der Waals surface area contributed by atoms with Gasteiger partial charge >= 0.3 is 0 Å². The molecule has 1 heterocycles. The molecule has 0 aromatic carbocycles. The fourth-order valence-corrected chi connectivity index (χ4v) is 3.76. The maximum Gasteiger partial charge on any atom is 0.0598 e. The van der Waals surface area contributed by atoms with Gasteiger partial charge in [-0.15, -0.1) is 6.42 Å². The van der Waals surface area contributed by atoms with Crippen molar-refractivity contribution in [3.8, 4) is 12.3 Å². The molecule has 0 bridgehead atoms. The van der Waals surface area contributed by atoms with Gasteiger partial charge in [-0.2, -0.15) is 0 Å². The van der Waals surface area contributed by atoms with E-state index in [0.29, 0.717) is 6.04 Å². The Balaban J connectivity index is 1.51. The van der Waals surface area contributed by atoms with Crippen LogP contribution in [-0.2, 0) is 0 Å². The zero-order chi connectivity index (χ0) is 14.9. The molecule has 120 valence electrons. The molecule has 1 saturated heterocycles. The van der Waals surface area contributed by atoms with Crippen molar-refractivity contribution in [1.82, 2.24) is 15.1 Å². The number of terminal acetylenes is 1. The van der Waals surface area contributed by atoms with E-state index in [0.717, 1.165) is 32.2 Å². The topological polar surface area (TPSA) is 18.5 Å². The molecule has 0 aromatic heterocycles. The Morgan fingerprint density at radius 2 is 1.86 bits per heavy atom. The van der Waals surface area contributed by atoms with E-state index in [9.17, 15) is 0 Å². The molecule has 0 atom stereocenters. The van der Waals surface area contributed by atoms with E-state index in [1.54, 1.807) is 0 Å². The highest BCUT2D eigenvalue weighted by atomic mass is 15.1. The lowest BCUT2D eigenvalue weighted by Gasteiger charge is -2.32. The van der Waals surface area contributed by atoms with E-state index in [-0.39, 0.29) is 0 Å². The monoisotopic (exact) mass is 291 g/mol. The van der Waals surface area contributed by atoms with Crippen LogP contribution in [0, 0.1) is 12.3 Å². The van der Waals surface area contributed by atoms with Crippen molar-refractivity contribution in [2.75, 3.05) is 39.8 Å². The molecule has 1 aliphatic heterocycles. The zero-order valence-corrected chi connectivity index (χ0v) is 13.8. The number of piperidine rings is 1. The molecule has 0 radical (unpaired) electrons. The minimum Gasteiger partial charge on any atom is -0.314 e. The summed E-state index contributed by atoms with van der Waals surface area (Å²) in [6.45, 7) is 5.54. The lowest BCUT2D eigenvalue weighted by molar-refractivity contribution is 0.185. The first-order valence-electron chi connectivity index (χ1n) is 8.89. The Hall–Kier alpha value is -0.560. The molecule has 1 saturated carbocycles. The second kappa shape index (κ2) is 9.46. The lowest BCUT2D eigenvalue weighted by atomic mass is 9.94. The second-order valence-electron chi connectivity index (χ2n) is 6.83. The average molecular weight is 291 g/mol. The molecule has 2 fully saturated rings. The van der Waals surface area contributed by atoms with Gasteiger partial charge in [0.05, 0.1) is 6.54 Å². The number of likely N-dealkylation sites (tertiary alicyclic amines) is 1. The van der Waals surface area contributed by atoms with E-state index in [2.05, 4.69) is 28.1 Å². The fraction of sp³-hybridized carbons (Fsp3) is 0.889. The minimum absolute atomic E-state index is 0.707. The van der Waals surface area contributed by atoms with Gasteiger partial charge in [0.25, 0.3) is 0 Å². The van der Waals surface area contributed by atoms with Gasteiger partial charge in [-0.25, -0.2) is 0 Å². The predicted octanol–water partition coefficient (Wildman–Crippen LogP) is 2.33. The maximum absolute atomic E-state index is 5.37. The van der Waals surface area contributed by atoms with E-state index in [1.165, 1.54) is 57.9 Å². The van der Waals surface area contributed by atoms with Crippen molar-refractivity contribution in [3.05, 3.63) is 0 Å². The first kappa shape index (κ1) is 16.8. The smallest absolute Gasteiger partial charge is 0.0598 e. The van der Waals surface area contributed by atoms with E-state index in [4.69, 9.17) is 6.42 Å². The highest BCUT2D eigenvalue weighted by Gasteiger charge is 2.19. The summed E-state index contributed by atoms with van der Waals surface area (Å²) in [6, 6.07) is 1.56. The Bertz CT molecular complexity index is 309. The summed E-state index contributed by atoms with van der Waals surface area (Å²) < 4.78 is 0. The SMILES string of the molecule is C#CCN1CCC(NCCCN(C)C2CCCCC2)CC1. The van der Waals surface area contributed by atoms with Crippen molar-refractivity contribution in [1.29, 1.82) is 0 Å². The summed E-state index contributed by atoms with van der Waals surface area (Å²) in [5.74, 6) is 2.75. The molecule has 0 amide bonds. The van der Waals surface area contributed by atoms with Gasteiger partial charge in [-0.3, -0.25) is 4.90 Å². The number of nitrogens with zero attached hydrogens (tertiary/aromatic N) is 2. The summed E-state index contributed by atoms with van der Waals surface area (Å²) in [6.07, 6.45) is 16.3. The lowest BCUT2D eigenvalue weighted by Crippen LogP contribution is -2.43. The molecule has 0 aromatic rings. The van der Waals surface area contributed by atoms with Crippen molar-refractivity contribution < 1.29 is 0 Å². The predicted molar refractivity (Wildman–Crippen MR) is 90.4 cm³/mol. The molecule has 3 heteroatoms. The molecule has 1 N–H and O–H groups in total. The van der Waals surface area contributed by atoms with E-state index in [1.807, 2.05) is 0 Å². The van der Waals surface area contributed by atoms with Crippen LogP contribution in [0.5, 0.6) is 0 Å². The number of hydrogen-bond donors (Lipinski definition) is 1. The molecular formula is C18H33N3. The highest BCUT2D eigenvalue weighted by Crippen LogP contribution is 2.21. The van der Waals surface area contributed by atoms with Crippen molar-refractivity contribution in [2.45, 2.75) is 63.5 Å². The summed E-state index contributed by atoms with van der Waals surface area (Å²) in [4.78, 5) is 4.98. The highest BCUT2D eigenvalue weighted by molar-refractivity contribution is 4.90. The molecule has 21 heavy (non-hydrogen) atoms. The minimum atomic E-state index is 0.707. The molecule has 0 spiro atoms. The Labute approximate surface area is 131 Å². The molecule has 3 nitrogen and oxygen atoms in total. The summed E-state index contributed by atoms with van der Waals surface area (Å²) in [7, 11) is 2.31. The van der Waals surface area contributed by atoms with Crippen molar-refractivity contribution in [2.24, 2.45) is 0 Å². The number of nitrogens with one attached hydrogen (secondary N) is 1. The van der Waals surface area contributed by atoms with Gasteiger partial charge in [0.15, 0.2) is 0 Å². The molecule has 0 unspecified atom stereocenters. The third-order valence-electron chi connectivity index (χ3n) is 5.22. The molecule has 2 aliphatic rings. The van der Waals surface area contributed by atoms with Gasteiger partial charge in [0, 0.05) is 25.2 Å². The normalized spacial score (nSPS) is 22.5. The summed E-state index contributed by atoms with van der Waals surface area (Å²) in [5.41, 5.74) is 0. The van der Waals surface area contributed by atoms with Gasteiger partial charge in [0.2, 0.25) is 0 Å². The number of hydrogen-bond acceptors (Lipinski definition) is 3. The van der Waals surface area contributed by atoms with Crippen molar-refractivity contribution in [3.63, 3.8) is 0 Å². The summed E-state index contributed by atoms with van der Waals surface area (Å²) >= 11 is 0. The van der Waals surface area contributed by atoms with Gasteiger partial charge in [0.1, 0.15) is 0 Å². The van der Waals surface area contributed by atoms with Crippen molar-refractivity contribution >= 4 is 0 Å². The van der Waals surface area contributed by atoms with Crippen LogP contribution in [0.3, 0.4) is 0 Å². The Morgan fingerprint density at radius 3 is 2.52 bits per heavy atom. The fourth-order valence-electron chi connectivity index (χ4n) is 3.76. The molecular weight excluding hydrogens is 258 g/mol. The third-order valence-corrected chi connectivity index (χ3v) is 5.22. The molecule has 1 aliphatic carbocycles. The van der Waals surface area contributed by atoms with Crippen LogP contribution in [0.2, 0.25) is 0 Å². The second-order valence-corrected chi connectivity index (χ2v) is 6.83. The van der Waals surface area contributed by atoms with Crippen LogP contribution in [-0.4, -0.2) is 61.7 Å². The summed E-state index contributed by atoms with van der Waals surface area (Å²) in [5, 5.41) is 3.74. The van der Waals surface area contributed by atoms with Gasteiger partial charge in [-0.1, -0.05) is 25.2 Å². The Kier molecular flexibility index (Phi) is 7.57. The average Bonchev–Trinajstić information content (AvgIpc) is 2.54. The molecule has 2 rings (SSSR count). The van der Waals surface area contributed by atoms with E-state index < -0.39 is 0 Å². The Morgan fingerprint density at radius 1 is 1.14 bits per heavy atom. The van der Waals surface area contributed by atoms with Crippen LogP contribution >= 0.6 is 0 Å². The maximum atomic E-state index is 5.37. The van der Waals surface area contributed by atoms with Gasteiger partial charge < -0.3 is 10.2 Å². The quantitative estimate of drug-likeness (QED) is 0.574.